The van der Waals surface area contributed by atoms with Crippen LogP contribution in [-0.4, -0.2) is 119 Å². The van der Waals surface area contributed by atoms with Gasteiger partial charge in [-0.1, -0.05) is 0 Å². The summed E-state index contributed by atoms with van der Waals surface area (Å²) in [6.07, 6.45) is 0. The number of hydrogen-bond acceptors (Lipinski definition) is 0. The van der Waals surface area contributed by atoms with Crippen molar-refractivity contribution in [3.63, 3.8) is 0 Å². The Bertz CT molecular complexity index is 24.6. The van der Waals surface area contributed by atoms with Crippen molar-refractivity contribution in [3.8, 4) is 0 Å². The van der Waals surface area contributed by atoms with Gasteiger partial charge in [-0.3, -0.25) is 0 Å². The molecule has 0 radical (unpaired) electrons. The van der Waals surface area contributed by atoms with Crippen LogP contribution in [0.3, 0.4) is 0 Å². The normalized spacial score (nSPS) is 0. The van der Waals surface area contributed by atoms with E-state index in [4.69, 9.17) is 0 Å². The molecule has 0 aromatic carbocycles. The van der Waals surface area contributed by atoms with E-state index in [0.29, 0.717) is 0 Å². The second kappa shape index (κ2) is 128. The predicted molar refractivity (Wildman–Crippen MR) is 44.9 cm³/mol. The van der Waals surface area contributed by atoms with Crippen LogP contribution in [0.4, 0.5) is 0 Å². The smallest absolute Gasteiger partial charge is 1.00 e. The number of rotatable bonds is 0. The fourth-order valence-corrected chi connectivity index (χ4v) is 0. The molecular weight excluding hydrogens is 309 g/mol. The fraction of sp³-hybridized carbons (Fsp3) is 0. The molecule has 6 nitrogen and oxygen atoms in total. The van der Waals surface area contributed by atoms with Gasteiger partial charge < -0.3 is 38.6 Å². The van der Waals surface area contributed by atoms with Crippen molar-refractivity contribution in [2.75, 3.05) is 0 Å². The molecular formula is H17BaCaClO6. The van der Waals surface area contributed by atoms with E-state index in [1.54, 1.807) is 0 Å². The average Bonchev–Trinajstić information content (AvgIpc) is 0. The van der Waals surface area contributed by atoms with Crippen molar-refractivity contribution >= 4 is 99.0 Å². The third-order valence-corrected chi connectivity index (χ3v) is 0. The van der Waals surface area contributed by atoms with Crippen LogP contribution >= 0.6 is 12.4 Å². The molecule has 64 valence electrons. The van der Waals surface area contributed by atoms with Gasteiger partial charge in [-0.2, -0.15) is 0 Å². The molecule has 12 N–H and O–H groups in total. The van der Waals surface area contributed by atoms with Crippen LogP contribution in [0, 0.1) is 0 Å². The standard InChI is InChI=1S/Ba.Ca.ClH.6H2O.4H/h;;1H;6*1H2;;;;/q2*+2;;;;;;;;4*-1. The first-order valence-corrected chi connectivity index (χ1v) is 0. The van der Waals surface area contributed by atoms with Crippen LogP contribution in [0.2, 0.25) is 0 Å². The Morgan fingerprint density at radius 1 is 0.556 bits per heavy atom. The Balaban J connectivity index is 0. The summed E-state index contributed by atoms with van der Waals surface area (Å²) in [4.78, 5) is 0. The van der Waals surface area contributed by atoms with Crippen LogP contribution in [0.5, 0.6) is 0 Å². The predicted octanol–water partition coefficient (Wildman–Crippen LogP) is -4.84. The number of halogens is 1. The molecule has 0 amide bonds. The first-order chi connectivity index (χ1) is 0. The molecule has 9 heavy (non-hydrogen) atoms. The summed E-state index contributed by atoms with van der Waals surface area (Å²) in [6.45, 7) is 0. The molecule has 0 spiro atoms. The Kier molecular flexibility index (Phi) is 2410. The maximum Gasteiger partial charge on any atom is 2.00 e. The summed E-state index contributed by atoms with van der Waals surface area (Å²) in [6, 6.07) is 0. The molecule has 0 aromatic heterocycles. The van der Waals surface area contributed by atoms with Gasteiger partial charge in [-0.25, -0.2) is 0 Å². The molecule has 0 rings (SSSR count). The topological polar surface area (TPSA) is 189 Å². The van der Waals surface area contributed by atoms with E-state index in [1.807, 2.05) is 0 Å². The third kappa shape index (κ3) is 103. The zero-order valence-electron chi connectivity index (χ0n) is 8.82. The van der Waals surface area contributed by atoms with Crippen LogP contribution in [0.25, 0.3) is 0 Å². The van der Waals surface area contributed by atoms with Gasteiger partial charge in [0.15, 0.2) is 0 Å². The first kappa shape index (κ1) is 169. The van der Waals surface area contributed by atoms with Gasteiger partial charge in [0.25, 0.3) is 0 Å². The second-order valence-corrected chi connectivity index (χ2v) is 0. The van der Waals surface area contributed by atoms with Crippen LogP contribution < -0.4 is 0 Å². The molecule has 0 saturated heterocycles. The zero-order valence-corrected chi connectivity index (χ0v) is 12.3. The van der Waals surface area contributed by atoms with E-state index in [0.717, 1.165) is 0 Å². The molecule has 0 saturated carbocycles. The van der Waals surface area contributed by atoms with E-state index in [9.17, 15) is 0 Å². The Hall–Kier alpha value is 2.88. The Morgan fingerprint density at radius 3 is 0.556 bits per heavy atom. The van der Waals surface area contributed by atoms with Crippen molar-refractivity contribution in [2.24, 2.45) is 0 Å². The summed E-state index contributed by atoms with van der Waals surface area (Å²) < 4.78 is 0. The van der Waals surface area contributed by atoms with Gasteiger partial charge in [-0.15, -0.1) is 12.4 Å². The molecule has 0 bridgehead atoms. The third-order valence-electron chi connectivity index (χ3n) is 0. The van der Waals surface area contributed by atoms with Crippen LogP contribution in [0.15, 0.2) is 0 Å². The quantitative estimate of drug-likeness (QED) is 0.386. The van der Waals surface area contributed by atoms with E-state index in [1.165, 1.54) is 0 Å². The van der Waals surface area contributed by atoms with E-state index >= 15 is 0 Å². The summed E-state index contributed by atoms with van der Waals surface area (Å²) in [7, 11) is 0. The minimum Gasteiger partial charge on any atom is -1.00 e. The molecule has 0 aromatic rings. The van der Waals surface area contributed by atoms with Gasteiger partial charge >= 0.3 is 86.6 Å². The molecule has 0 aliphatic rings. The van der Waals surface area contributed by atoms with Crippen molar-refractivity contribution in [1.29, 1.82) is 0 Å². The van der Waals surface area contributed by atoms with Crippen molar-refractivity contribution in [1.82, 2.24) is 0 Å². The van der Waals surface area contributed by atoms with Gasteiger partial charge in [0.05, 0.1) is 0 Å². The van der Waals surface area contributed by atoms with E-state index in [2.05, 4.69) is 0 Å². The number of hydrogen-bond donors (Lipinski definition) is 0. The van der Waals surface area contributed by atoms with Crippen molar-refractivity contribution < 1.29 is 38.6 Å². The second-order valence-electron chi connectivity index (χ2n) is 0. The summed E-state index contributed by atoms with van der Waals surface area (Å²) in [5.41, 5.74) is 0. The van der Waals surface area contributed by atoms with Crippen molar-refractivity contribution in [3.05, 3.63) is 0 Å². The minimum absolute atomic E-state index is 0. The maximum atomic E-state index is 0. The molecule has 0 aliphatic heterocycles. The van der Waals surface area contributed by atoms with E-state index < -0.39 is 0 Å². The average molecular weight is 326 g/mol. The summed E-state index contributed by atoms with van der Waals surface area (Å²) >= 11 is 0. The first-order valence-electron chi connectivity index (χ1n) is 0. The van der Waals surface area contributed by atoms with E-state index in [-0.39, 0.29) is 138 Å². The monoisotopic (exact) mass is 326 g/mol. The Morgan fingerprint density at radius 2 is 0.556 bits per heavy atom. The summed E-state index contributed by atoms with van der Waals surface area (Å²) in [5, 5.41) is 0. The minimum atomic E-state index is 0. The van der Waals surface area contributed by atoms with Crippen LogP contribution in [-0.2, 0) is 0 Å². The molecule has 0 unspecified atom stereocenters. The van der Waals surface area contributed by atoms with Crippen LogP contribution in [0.1, 0.15) is 5.71 Å². The largest absolute Gasteiger partial charge is 2.00 e. The molecule has 0 fully saturated rings. The maximum absolute atomic E-state index is 0. The summed E-state index contributed by atoms with van der Waals surface area (Å²) in [5.74, 6) is 0. The van der Waals surface area contributed by atoms with Gasteiger partial charge in [0, 0.05) is 0 Å². The molecule has 9 heteroatoms. The SMILES string of the molecule is Cl.O.O.O.O.O.O.[Ba+2].[Ca+2].[H-].[H-].[H-].[H-]. The molecule has 0 aliphatic carbocycles. The zero-order chi connectivity index (χ0) is 0. The van der Waals surface area contributed by atoms with Gasteiger partial charge in [0.2, 0.25) is 0 Å². The fourth-order valence-electron chi connectivity index (χ4n) is 0. The van der Waals surface area contributed by atoms with Gasteiger partial charge in [0.1, 0.15) is 0 Å². The molecule has 0 atom stereocenters. The Labute approximate surface area is 135 Å². The molecule has 0 heterocycles. The van der Waals surface area contributed by atoms with Crippen molar-refractivity contribution in [2.45, 2.75) is 0 Å². The van der Waals surface area contributed by atoms with Gasteiger partial charge in [-0.05, 0) is 0 Å².